The zero-order valence-electron chi connectivity index (χ0n) is 15.7. The minimum Gasteiger partial charge on any atom is -0.353 e. The second kappa shape index (κ2) is 6.16. The van der Waals surface area contributed by atoms with E-state index in [1.54, 1.807) is 0 Å². The van der Waals surface area contributed by atoms with Gasteiger partial charge in [-0.25, -0.2) is 0 Å². The van der Waals surface area contributed by atoms with Gasteiger partial charge < -0.3 is 10.3 Å². The molecule has 27 heavy (non-hydrogen) atoms. The van der Waals surface area contributed by atoms with E-state index in [4.69, 9.17) is 0 Å². The molecule has 1 aliphatic carbocycles. The molecule has 0 unspecified atom stereocenters. The number of carbonyl (C=O) groups excluding carboxylic acids is 1. The molecule has 3 aromatic rings. The van der Waals surface area contributed by atoms with Crippen molar-refractivity contribution in [3.63, 3.8) is 0 Å². The Morgan fingerprint density at radius 2 is 2.07 bits per heavy atom. The van der Waals surface area contributed by atoms with Gasteiger partial charge >= 0.3 is 0 Å². The molecule has 0 atom stereocenters. The summed E-state index contributed by atoms with van der Waals surface area (Å²) in [5.41, 5.74) is 6.50. The van der Waals surface area contributed by atoms with Crippen molar-refractivity contribution in [3.05, 3.63) is 41.1 Å². The predicted molar refractivity (Wildman–Crippen MR) is 110 cm³/mol. The summed E-state index contributed by atoms with van der Waals surface area (Å²) in [6.45, 7) is 4.53. The van der Waals surface area contributed by atoms with Crippen LogP contribution in [0.15, 0.2) is 24.4 Å². The highest BCUT2D eigenvalue weighted by atomic mass is 32.2. The van der Waals surface area contributed by atoms with Crippen molar-refractivity contribution in [1.82, 2.24) is 20.5 Å². The molecule has 2 aromatic heterocycles. The molecular weight excluding hydrogens is 356 g/mol. The number of nitrogens with one attached hydrogen (secondary N) is 3. The minimum absolute atomic E-state index is 0.0137. The van der Waals surface area contributed by atoms with Crippen molar-refractivity contribution in [1.29, 1.82) is 0 Å². The lowest BCUT2D eigenvalue weighted by Crippen LogP contribution is -2.37. The largest absolute Gasteiger partial charge is 0.353 e. The molecule has 3 N–H and O–H groups in total. The van der Waals surface area contributed by atoms with Gasteiger partial charge in [-0.05, 0) is 59.9 Å². The first-order valence-corrected chi connectivity index (χ1v) is 10.8. The quantitative estimate of drug-likeness (QED) is 0.629. The maximum absolute atomic E-state index is 12.8. The number of hydrogen-bond acceptors (Lipinski definition) is 3. The number of hydrogen-bond donors (Lipinski definition) is 3. The summed E-state index contributed by atoms with van der Waals surface area (Å²) in [6.07, 6.45) is 4.99. The Labute approximate surface area is 162 Å². The molecule has 0 spiro atoms. The summed E-state index contributed by atoms with van der Waals surface area (Å²) in [4.78, 5) is 16.4. The average molecular weight is 381 g/mol. The molecule has 2 aliphatic rings. The van der Waals surface area contributed by atoms with Crippen LogP contribution in [-0.4, -0.2) is 38.6 Å². The van der Waals surface area contributed by atoms with Crippen LogP contribution in [0.2, 0.25) is 0 Å². The first kappa shape index (κ1) is 16.9. The van der Waals surface area contributed by atoms with Gasteiger partial charge in [0.1, 0.15) is 0 Å². The average Bonchev–Trinajstić information content (AvgIpc) is 3.25. The summed E-state index contributed by atoms with van der Waals surface area (Å²) in [7, 11) is 0. The van der Waals surface area contributed by atoms with Gasteiger partial charge in [0, 0.05) is 28.1 Å². The fourth-order valence-corrected chi connectivity index (χ4v) is 5.67. The minimum atomic E-state index is -0.0137. The molecule has 3 heterocycles. The highest BCUT2D eigenvalue weighted by Gasteiger charge is 2.35. The number of rotatable bonds is 2. The Morgan fingerprint density at radius 3 is 2.89 bits per heavy atom. The van der Waals surface area contributed by atoms with Crippen molar-refractivity contribution >= 4 is 28.6 Å². The van der Waals surface area contributed by atoms with Gasteiger partial charge in [-0.2, -0.15) is 16.9 Å². The van der Waals surface area contributed by atoms with Crippen molar-refractivity contribution < 1.29 is 4.79 Å². The third-order valence-corrected chi connectivity index (χ3v) is 6.94. The molecule has 1 aliphatic heterocycles. The summed E-state index contributed by atoms with van der Waals surface area (Å²) in [6, 6.07) is 6.32. The molecule has 5 nitrogen and oxygen atoms in total. The lowest BCUT2D eigenvalue weighted by molar-refractivity contribution is 0.0935. The van der Waals surface area contributed by atoms with Crippen LogP contribution in [0.25, 0.3) is 22.3 Å². The Balaban J connectivity index is 1.56. The first-order valence-electron chi connectivity index (χ1n) is 9.60. The van der Waals surface area contributed by atoms with Crippen LogP contribution >= 0.6 is 11.8 Å². The van der Waals surface area contributed by atoms with E-state index < -0.39 is 0 Å². The summed E-state index contributed by atoms with van der Waals surface area (Å²) < 4.78 is 0. The molecular formula is C21H24N4OS. The van der Waals surface area contributed by atoms with E-state index in [0.29, 0.717) is 6.04 Å². The fourth-order valence-electron chi connectivity index (χ4n) is 4.56. The SMILES string of the molecule is CC1(C)Cc2cn[nH]c2-c2[nH]c3ccc(C(=O)NC4CCSCC4)cc3c21. The number of fused-ring (bicyclic) bond motifs is 5. The van der Waals surface area contributed by atoms with Crippen LogP contribution < -0.4 is 5.32 Å². The van der Waals surface area contributed by atoms with E-state index in [0.717, 1.165) is 58.6 Å². The molecule has 140 valence electrons. The van der Waals surface area contributed by atoms with Crippen LogP contribution in [0.4, 0.5) is 0 Å². The topological polar surface area (TPSA) is 73.6 Å². The zero-order chi connectivity index (χ0) is 18.6. The lowest BCUT2D eigenvalue weighted by atomic mass is 9.73. The number of carbonyl (C=O) groups is 1. The predicted octanol–water partition coefficient (Wildman–Crippen LogP) is 4.02. The van der Waals surface area contributed by atoms with Gasteiger partial charge in [0.2, 0.25) is 0 Å². The highest BCUT2D eigenvalue weighted by Crippen LogP contribution is 2.45. The van der Waals surface area contributed by atoms with E-state index in [2.05, 4.69) is 40.4 Å². The standard InChI is InChI=1S/C21H24N4OS/c1-21(2)10-13-11-22-25-18(13)19-17(21)15-9-12(3-4-16(15)24-19)20(26)23-14-5-7-27-8-6-14/h3-4,9,11,14,24H,5-8,10H2,1-2H3,(H,22,25)(H,23,26). The summed E-state index contributed by atoms with van der Waals surface area (Å²) >= 11 is 1.97. The molecule has 6 heteroatoms. The highest BCUT2D eigenvalue weighted by molar-refractivity contribution is 7.99. The molecule has 0 bridgehead atoms. The molecule has 5 rings (SSSR count). The number of aromatic amines is 2. The molecule has 1 aromatic carbocycles. The summed E-state index contributed by atoms with van der Waals surface area (Å²) in [5, 5.41) is 11.7. The second-order valence-corrected chi connectivity index (χ2v) is 9.55. The van der Waals surface area contributed by atoms with Crippen LogP contribution in [0, 0.1) is 0 Å². The van der Waals surface area contributed by atoms with Gasteiger partial charge in [-0.1, -0.05) is 13.8 Å². The van der Waals surface area contributed by atoms with Crippen LogP contribution in [0.5, 0.6) is 0 Å². The number of nitrogens with zero attached hydrogens (tertiary/aromatic N) is 1. The van der Waals surface area contributed by atoms with E-state index in [1.165, 1.54) is 11.1 Å². The Morgan fingerprint density at radius 1 is 1.26 bits per heavy atom. The van der Waals surface area contributed by atoms with Crippen molar-refractivity contribution in [2.24, 2.45) is 0 Å². The number of thioether (sulfide) groups is 1. The monoisotopic (exact) mass is 380 g/mol. The number of H-pyrrole nitrogens is 2. The van der Waals surface area contributed by atoms with E-state index in [1.807, 2.05) is 30.1 Å². The van der Waals surface area contributed by atoms with Crippen molar-refractivity contribution in [2.45, 2.75) is 44.6 Å². The van der Waals surface area contributed by atoms with Gasteiger partial charge in [-0.3, -0.25) is 9.89 Å². The summed E-state index contributed by atoms with van der Waals surface area (Å²) in [5.74, 6) is 2.31. The van der Waals surface area contributed by atoms with E-state index in [-0.39, 0.29) is 11.3 Å². The maximum Gasteiger partial charge on any atom is 0.251 e. The Kier molecular flexibility index (Phi) is 3.86. The van der Waals surface area contributed by atoms with E-state index in [9.17, 15) is 4.79 Å². The third-order valence-electron chi connectivity index (χ3n) is 5.89. The van der Waals surface area contributed by atoms with Crippen LogP contribution in [-0.2, 0) is 11.8 Å². The maximum atomic E-state index is 12.8. The van der Waals surface area contributed by atoms with Gasteiger partial charge in [0.15, 0.2) is 0 Å². The van der Waals surface area contributed by atoms with Gasteiger partial charge in [0.25, 0.3) is 5.91 Å². The molecule has 1 amide bonds. The third kappa shape index (κ3) is 2.78. The fraction of sp³-hybridized carbons (Fsp3) is 0.429. The lowest BCUT2D eigenvalue weighted by Gasteiger charge is -2.30. The molecule has 1 fully saturated rings. The number of aromatic nitrogens is 3. The van der Waals surface area contributed by atoms with Crippen LogP contribution in [0.1, 0.15) is 48.2 Å². The van der Waals surface area contributed by atoms with Gasteiger partial charge in [-0.15, -0.1) is 0 Å². The molecule has 1 saturated heterocycles. The van der Waals surface area contributed by atoms with Crippen molar-refractivity contribution in [2.75, 3.05) is 11.5 Å². The Bertz CT molecular complexity index is 1030. The van der Waals surface area contributed by atoms with Crippen LogP contribution in [0.3, 0.4) is 0 Å². The number of benzene rings is 1. The van der Waals surface area contributed by atoms with Crippen molar-refractivity contribution in [3.8, 4) is 11.4 Å². The second-order valence-electron chi connectivity index (χ2n) is 8.33. The zero-order valence-corrected chi connectivity index (χ0v) is 16.5. The Hall–Kier alpha value is -2.21. The van der Waals surface area contributed by atoms with E-state index >= 15 is 0 Å². The molecule has 0 radical (unpaired) electrons. The number of amides is 1. The normalized spacial score (nSPS) is 18.9. The smallest absolute Gasteiger partial charge is 0.251 e. The van der Waals surface area contributed by atoms with Gasteiger partial charge in [0.05, 0.1) is 17.6 Å². The molecule has 0 saturated carbocycles. The first-order chi connectivity index (χ1) is 13.0.